The molecule has 1 unspecified atom stereocenters. The van der Waals surface area contributed by atoms with Gasteiger partial charge in [0.15, 0.2) is 11.6 Å². The summed E-state index contributed by atoms with van der Waals surface area (Å²) in [4.78, 5) is 33.7. The Bertz CT molecular complexity index is 2010. The van der Waals surface area contributed by atoms with Crippen molar-refractivity contribution in [1.82, 2.24) is 19.8 Å². The van der Waals surface area contributed by atoms with Crippen LogP contribution in [0.25, 0.3) is 22.0 Å². The van der Waals surface area contributed by atoms with E-state index in [-0.39, 0.29) is 36.4 Å². The van der Waals surface area contributed by atoms with E-state index in [9.17, 15) is 35.9 Å². The van der Waals surface area contributed by atoms with Crippen molar-refractivity contribution in [3.63, 3.8) is 0 Å². The maximum Gasteiger partial charge on any atom is 0.416 e. The van der Waals surface area contributed by atoms with Gasteiger partial charge >= 0.3 is 6.18 Å². The van der Waals surface area contributed by atoms with Crippen molar-refractivity contribution in [1.29, 1.82) is 0 Å². The number of hydrogen-bond donors (Lipinski definition) is 1. The Morgan fingerprint density at radius 1 is 0.840 bits per heavy atom. The van der Waals surface area contributed by atoms with E-state index in [0.717, 1.165) is 31.3 Å². The number of halogens is 6. The monoisotopic (exact) mass is 694 g/mol. The quantitative estimate of drug-likeness (QED) is 0.102. The van der Waals surface area contributed by atoms with Crippen LogP contribution in [0.1, 0.15) is 42.4 Å². The molecule has 0 radical (unpaired) electrons. The predicted molar refractivity (Wildman–Crippen MR) is 180 cm³/mol. The predicted octanol–water partition coefficient (Wildman–Crippen LogP) is 7.53. The standard InChI is InChI=1S/C38H36F6N4O2/c1-3-47(4-2)22-21-45-37(50)33(23-24-9-11-25(12-10-24)26-13-15-27(16-14-26)38(42,43)44)48-32-8-6-5-7-29(32)36(49)46-34(48)20-17-28-30(39)18-19-31(40)35(28)41/h5-16,18-19,33H,3-4,17,20-23H2,1-2H3,(H,45,50). The minimum atomic E-state index is -4.46. The van der Waals surface area contributed by atoms with Gasteiger partial charge in [-0.15, -0.1) is 0 Å². The molecule has 0 aliphatic carbocycles. The number of likely N-dealkylation sites (N-methyl/N-ethyl adjacent to an activating group) is 1. The lowest BCUT2D eigenvalue weighted by atomic mass is 9.98. The molecule has 0 bridgehead atoms. The maximum absolute atomic E-state index is 14.6. The number of nitrogens with one attached hydrogen (secondary N) is 1. The van der Waals surface area contributed by atoms with E-state index in [1.54, 1.807) is 53.1 Å². The van der Waals surface area contributed by atoms with Gasteiger partial charge in [0.05, 0.1) is 16.5 Å². The lowest BCUT2D eigenvalue weighted by Crippen LogP contribution is -2.40. The van der Waals surface area contributed by atoms with Gasteiger partial charge < -0.3 is 14.8 Å². The topological polar surface area (TPSA) is 67.2 Å². The molecule has 50 heavy (non-hydrogen) atoms. The fourth-order valence-corrected chi connectivity index (χ4v) is 6.00. The molecular weight excluding hydrogens is 658 g/mol. The highest BCUT2D eigenvalue weighted by Crippen LogP contribution is 2.31. The van der Waals surface area contributed by atoms with Crippen LogP contribution in [0.2, 0.25) is 0 Å². The molecule has 0 fully saturated rings. The Hall–Kier alpha value is -4.97. The molecule has 4 aromatic carbocycles. The summed E-state index contributed by atoms with van der Waals surface area (Å²) in [5.41, 5.74) is 0.469. The lowest BCUT2D eigenvalue weighted by Gasteiger charge is -2.26. The number of benzene rings is 4. The van der Waals surface area contributed by atoms with E-state index in [1.807, 2.05) is 13.8 Å². The molecule has 5 aromatic rings. The smallest absolute Gasteiger partial charge is 0.353 e. The molecule has 0 aliphatic heterocycles. The number of carbonyl (C=O) groups excluding carboxylic acids is 1. The van der Waals surface area contributed by atoms with Gasteiger partial charge in [0.25, 0.3) is 5.56 Å². The Morgan fingerprint density at radius 2 is 1.46 bits per heavy atom. The third-order valence-electron chi connectivity index (χ3n) is 8.80. The zero-order valence-corrected chi connectivity index (χ0v) is 27.5. The first-order valence-electron chi connectivity index (χ1n) is 16.3. The highest BCUT2D eigenvalue weighted by molar-refractivity contribution is 5.85. The van der Waals surface area contributed by atoms with Crippen molar-refractivity contribution in [2.45, 2.75) is 45.3 Å². The fourth-order valence-electron chi connectivity index (χ4n) is 6.00. The van der Waals surface area contributed by atoms with Gasteiger partial charge in [0, 0.05) is 31.5 Å². The summed E-state index contributed by atoms with van der Waals surface area (Å²) in [6.07, 6.45) is -4.87. The summed E-state index contributed by atoms with van der Waals surface area (Å²) in [7, 11) is 0. The number of alkyl halides is 3. The average molecular weight is 695 g/mol. The van der Waals surface area contributed by atoms with Gasteiger partial charge in [0.2, 0.25) is 5.91 Å². The van der Waals surface area contributed by atoms with Gasteiger partial charge in [-0.25, -0.2) is 13.2 Å². The normalized spacial score (nSPS) is 12.4. The number of para-hydroxylation sites is 1. The molecule has 262 valence electrons. The molecule has 6 nitrogen and oxygen atoms in total. The first-order valence-corrected chi connectivity index (χ1v) is 16.3. The van der Waals surface area contributed by atoms with Crippen LogP contribution in [0, 0.1) is 17.5 Å². The van der Waals surface area contributed by atoms with E-state index < -0.39 is 46.4 Å². The zero-order chi connectivity index (χ0) is 36.0. The Kier molecular flexibility index (Phi) is 11.4. The minimum absolute atomic E-state index is 0.0852. The molecule has 1 heterocycles. The van der Waals surface area contributed by atoms with Crippen molar-refractivity contribution in [3.8, 4) is 11.1 Å². The van der Waals surface area contributed by atoms with Crippen LogP contribution in [-0.2, 0) is 30.2 Å². The van der Waals surface area contributed by atoms with Gasteiger partial charge in [-0.05, 0) is 72.6 Å². The van der Waals surface area contributed by atoms with E-state index >= 15 is 0 Å². The number of rotatable bonds is 13. The molecule has 12 heteroatoms. The van der Waals surface area contributed by atoms with E-state index in [2.05, 4.69) is 15.2 Å². The van der Waals surface area contributed by atoms with Crippen LogP contribution in [0.4, 0.5) is 26.3 Å². The highest BCUT2D eigenvalue weighted by Gasteiger charge is 2.30. The number of amides is 1. The number of carbonyl (C=O) groups is 1. The van der Waals surface area contributed by atoms with Crippen LogP contribution < -0.4 is 10.9 Å². The van der Waals surface area contributed by atoms with Gasteiger partial charge in [-0.1, -0.05) is 62.4 Å². The molecule has 1 atom stereocenters. The largest absolute Gasteiger partial charge is 0.416 e. The Morgan fingerprint density at radius 3 is 2.10 bits per heavy atom. The number of nitrogens with zero attached hydrogens (tertiary/aromatic N) is 3. The third kappa shape index (κ3) is 8.24. The van der Waals surface area contributed by atoms with Crippen LogP contribution in [0.3, 0.4) is 0 Å². The molecule has 1 amide bonds. The summed E-state index contributed by atoms with van der Waals surface area (Å²) in [5, 5.41) is 3.23. The van der Waals surface area contributed by atoms with Crippen LogP contribution in [0.5, 0.6) is 0 Å². The Balaban J connectivity index is 1.54. The molecule has 1 N–H and O–H groups in total. The second-order valence-corrected chi connectivity index (χ2v) is 11.9. The molecule has 0 aliphatic rings. The average Bonchev–Trinajstić information content (AvgIpc) is 3.11. The van der Waals surface area contributed by atoms with E-state index in [1.165, 1.54) is 12.1 Å². The van der Waals surface area contributed by atoms with Gasteiger partial charge in [-0.2, -0.15) is 18.2 Å². The summed E-state index contributed by atoms with van der Waals surface area (Å²) in [6, 6.07) is 18.9. The molecular formula is C38H36F6N4O2. The second-order valence-electron chi connectivity index (χ2n) is 11.9. The van der Waals surface area contributed by atoms with E-state index in [0.29, 0.717) is 41.4 Å². The summed E-state index contributed by atoms with van der Waals surface area (Å²) >= 11 is 0. The first kappa shape index (κ1) is 36.3. The van der Waals surface area contributed by atoms with Crippen LogP contribution >= 0.6 is 0 Å². The fraction of sp³-hybridized carbons (Fsp3) is 0.289. The third-order valence-corrected chi connectivity index (χ3v) is 8.80. The maximum atomic E-state index is 14.6. The SMILES string of the molecule is CCN(CC)CCNC(=O)C(Cc1ccc(-c2ccc(C(F)(F)F)cc2)cc1)n1c(CCc2c(F)ccc(F)c2F)nc(=O)c2ccccc21. The van der Waals surface area contributed by atoms with Crippen molar-refractivity contribution in [2.75, 3.05) is 26.2 Å². The summed E-state index contributed by atoms with van der Waals surface area (Å²) < 4.78 is 84.1. The van der Waals surface area contributed by atoms with Gasteiger partial charge in [-0.3, -0.25) is 9.59 Å². The minimum Gasteiger partial charge on any atom is -0.353 e. The van der Waals surface area contributed by atoms with Gasteiger partial charge in [0.1, 0.15) is 17.7 Å². The van der Waals surface area contributed by atoms with E-state index in [4.69, 9.17) is 0 Å². The lowest BCUT2D eigenvalue weighted by molar-refractivity contribution is -0.137. The highest BCUT2D eigenvalue weighted by atomic mass is 19.4. The molecule has 1 aromatic heterocycles. The zero-order valence-electron chi connectivity index (χ0n) is 27.5. The summed E-state index contributed by atoms with van der Waals surface area (Å²) in [5.74, 6) is -3.79. The first-order chi connectivity index (χ1) is 23.9. The number of fused-ring (bicyclic) bond motifs is 1. The second kappa shape index (κ2) is 15.7. The van der Waals surface area contributed by atoms with Crippen molar-refractivity contribution < 1.29 is 31.1 Å². The molecule has 5 rings (SSSR count). The molecule has 0 saturated heterocycles. The molecule has 0 spiro atoms. The number of aromatic nitrogens is 2. The molecule has 0 saturated carbocycles. The number of hydrogen-bond acceptors (Lipinski definition) is 4. The van der Waals surface area contributed by atoms with Crippen molar-refractivity contribution in [3.05, 3.63) is 135 Å². The number of aryl methyl sites for hydroxylation is 1. The van der Waals surface area contributed by atoms with Crippen molar-refractivity contribution in [2.24, 2.45) is 0 Å². The van der Waals surface area contributed by atoms with Crippen LogP contribution in [-0.4, -0.2) is 46.5 Å². The van der Waals surface area contributed by atoms with Crippen molar-refractivity contribution >= 4 is 16.8 Å². The Labute approximate surface area is 285 Å². The van der Waals surface area contributed by atoms with Crippen LogP contribution in [0.15, 0.2) is 89.7 Å². The summed E-state index contributed by atoms with van der Waals surface area (Å²) in [6.45, 7) is 6.50.